The van der Waals surface area contributed by atoms with E-state index in [0.717, 1.165) is 30.3 Å². The minimum Gasteiger partial charge on any atom is -0.469 e. The number of esters is 2. The fourth-order valence-corrected chi connectivity index (χ4v) is 6.69. The zero-order valence-corrected chi connectivity index (χ0v) is 13.6. The first kappa shape index (κ1) is 14.3. The first-order valence-corrected chi connectivity index (χ1v) is 8.39. The van der Waals surface area contributed by atoms with E-state index in [1.807, 2.05) is 0 Å². The highest BCUT2D eigenvalue weighted by molar-refractivity contribution is 5.98. The summed E-state index contributed by atoms with van der Waals surface area (Å²) in [6.07, 6.45) is 6.07. The minimum atomic E-state index is -0.414. The van der Waals surface area contributed by atoms with E-state index in [9.17, 15) is 9.59 Å². The molecule has 4 saturated carbocycles. The molecule has 120 valence electrons. The van der Waals surface area contributed by atoms with Crippen LogP contribution in [0.5, 0.6) is 0 Å². The fraction of sp³-hybridized carbons (Fsp3) is 0.778. The van der Waals surface area contributed by atoms with Crippen LogP contribution in [0.4, 0.5) is 0 Å². The maximum atomic E-state index is 12.5. The summed E-state index contributed by atoms with van der Waals surface area (Å²) < 4.78 is 10.1. The lowest BCUT2D eigenvalue weighted by molar-refractivity contribution is -0.157. The van der Waals surface area contributed by atoms with E-state index in [0.29, 0.717) is 11.5 Å². The van der Waals surface area contributed by atoms with E-state index in [4.69, 9.17) is 9.47 Å². The summed E-state index contributed by atoms with van der Waals surface area (Å²) in [6.45, 7) is 2.06. The van der Waals surface area contributed by atoms with Crippen molar-refractivity contribution in [3.05, 3.63) is 11.1 Å². The Hall–Kier alpha value is -1.32. The van der Waals surface area contributed by atoms with Crippen LogP contribution in [-0.2, 0) is 19.1 Å². The van der Waals surface area contributed by atoms with Gasteiger partial charge in [0.1, 0.15) is 0 Å². The lowest BCUT2D eigenvalue weighted by atomic mass is 9.44. The second kappa shape index (κ2) is 4.59. The average Bonchev–Trinajstić information content (AvgIpc) is 2.75. The summed E-state index contributed by atoms with van der Waals surface area (Å²) >= 11 is 0. The molecule has 0 N–H and O–H groups in total. The van der Waals surface area contributed by atoms with Crippen molar-refractivity contribution >= 4 is 11.9 Å². The Morgan fingerprint density at radius 3 is 2.23 bits per heavy atom. The van der Waals surface area contributed by atoms with Crippen LogP contribution in [0.15, 0.2) is 11.1 Å². The van der Waals surface area contributed by atoms with E-state index in [2.05, 4.69) is 6.92 Å². The summed E-state index contributed by atoms with van der Waals surface area (Å²) in [5, 5.41) is 0. The van der Waals surface area contributed by atoms with Crippen molar-refractivity contribution in [2.45, 2.75) is 39.0 Å². The number of hydrogen-bond donors (Lipinski definition) is 0. The molecule has 5 rings (SSSR count). The molecule has 0 saturated heterocycles. The van der Waals surface area contributed by atoms with Crippen molar-refractivity contribution in [3.8, 4) is 0 Å². The Morgan fingerprint density at radius 1 is 1.05 bits per heavy atom. The molecule has 0 radical (unpaired) electrons. The fourth-order valence-electron chi connectivity index (χ4n) is 6.69. The molecule has 22 heavy (non-hydrogen) atoms. The van der Waals surface area contributed by atoms with Gasteiger partial charge in [-0.15, -0.1) is 0 Å². The van der Waals surface area contributed by atoms with Gasteiger partial charge in [-0.25, -0.2) is 4.79 Å². The Labute approximate surface area is 131 Å². The molecule has 0 aliphatic heterocycles. The van der Waals surface area contributed by atoms with Gasteiger partial charge in [-0.1, -0.05) is 5.57 Å². The molecule has 4 atom stereocenters. The van der Waals surface area contributed by atoms with Crippen LogP contribution in [-0.4, -0.2) is 26.2 Å². The summed E-state index contributed by atoms with van der Waals surface area (Å²) in [5.41, 5.74) is 1.78. The molecule has 0 amide bonds. The van der Waals surface area contributed by atoms with E-state index in [-0.39, 0.29) is 23.3 Å². The van der Waals surface area contributed by atoms with Crippen LogP contribution in [0.1, 0.15) is 39.0 Å². The summed E-state index contributed by atoms with van der Waals surface area (Å²) in [4.78, 5) is 24.9. The van der Waals surface area contributed by atoms with Gasteiger partial charge < -0.3 is 9.47 Å². The van der Waals surface area contributed by atoms with Crippen LogP contribution in [0, 0.1) is 35.0 Å². The van der Waals surface area contributed by atoms with Crippen molar-refractivity contribution in [1.82, 2.24) is 0 Å². The lowest BCUT2D eigenvalue weighted by Gasteiger charge is -2.60. The van der Waals surface area contributed by atoms with Gasteiger partial charge in [-0.3, -0.25) is 4.79 Å². The summed E-state index contributed by atoms with van der Waals surface area (Å²) in [6, 6.07) is 0. The van der Waals surface area contributed by atoms with Crippen LogP contribution < -0.4 is 0 Å². The van der Waals surface area contributed by atoms with Crippen molar-refractivity contribution in [2.75, 3.05) is 14.2 Å². The third kappa shape index (κ3) is 1.59. The Morgan fingerprint density at radius 2 is 1.68 bits per heavy atom. The highest BCUT2D eigenvalue weighted by Crippen LogP contribution is 2.71. The van der Waals surface area contributed by atoms with Crippen molar-refractivity contribution < 1.29 is 19.1 Å². The standard InChI is InChI=1S/C18H24O4/c1-9-13(16(19)21-2)14(17(20)22-3)15-12-5-10-4-11(6-12)8-18(9,15)7-10/h10-12,14-15H,4-8H2,1-3H3/t10?,11?,12?,14-,15-,18?/m0/s1. The van der Waals surface area contributed by atoms with Gasteiger partial charge in [0, 0.05) is 0 Å². The smallest absolute Gasteiger partial charge is 0.334 e. The van der Waals surface area contributed by atoms with Gasteiger partial charge in [0.25, 0.3) is 0 Å². The van der Waals surface area contributed by atoms with Crippen molar-refractivity contribution in [3.63, 3.8) is 0 Å². The predicted octanol–water partition coefficient (Wildman–Crippen LogP) is 2.72. The average molecular weight is 304 g/mol. The van der Waals surface area contributed by atoms with Crippen LogP contribution in [0.2, 0.25) is 0 Å². The summed E-state index contributed by atoms with van der Waals surface area (Å²) in [5.74, 6) is 1.36. The van der Waals surface area contributed by atoms with Crippen molar-refractivity contribution in [1.29, 1.82) is 0 Å². The van der Waals surface area contributed by atoms with Gasteiger partial charge in [0.2, 0.25) is 0 Å². The summed E-state index contributed by atoms with van der Waals surface area (Å²) in [7, 11) is 2.83. The quantitative estimate of drug-likeness (QED) is 0.736. The number of rotatable bonds is 2. The molecule has 4 heteroatoms. The molecule has 1 spiro atoms. The van der Waals surface area contributed by atoms with E-state index >= 15 is 0 Å². The normalized spacial score (nSPS) is 45.0. The van der Waals surface area contributed by atoms with E-state index in [1.165, 1.54) is 33.5 Å². The number of allylic oxidation sites excluding steroid dienone is 1. The molecule has 5 aliphatic carbocycles. The number of carbonyl (C=O) groups is 2. The first-order chi connectivity index (χ1) is 10.5. The van der Waals surface area contributed by atoms with E-state index in [1.54, 1.807) is 0 Å². The Kier molecular flexibility index (Phi) is 2.98. The van der Waals surface area contributed by atoms with Gasteiger partial charge in [-0.2, -0.15) is 0 Å². The molecule has 0 aromatic heterocycles. The minimum absolute atomic E-state index is 0.0527. The molecular weight excluding hydrogens is 280 g/mol. The maximum Gasteiger partial charge on any atom is 0.334 e. The first-order valence-electron chi connectivity index (χ1n) is 8.39. The molecule has 5 aliphatic rings. The Bertz CT molecular complexity index is 562. The molecule has 0 heterocycles. The third-order valence-corrected chi connectivity index (χ3v) is 7.07. The van der Waals surface area contributed by atoms with Crippen molar-refractivity contribution in [2.24, 2.45) is 35.0 Å². The highest BCUT2D eigenvalue weighted by Gasteiger charge is 2.66. The maximum absolute atomic E-state index is 12.5. The van der Waals surface area contributed by atoms with Crippen LogP contribution >= 0.6 is 0 Å². The molecule has 2 unspecified atom stereocenters. The zero-order chi connectivity index (χ0) is 15.6. The predicted molar refractivity (Wildman–Crippen MR) is 79.7 cm³/mol. The topological polar surface area (TPSA) is 52.6 Å². The Balaban J connectivity index is 1.86. The molecule has 0 aromatic carbocycles. The number of hydrogen-bond acceptors (Lipinski definition) is 4. The molecule has 4 nitrogen and oxygen atoms in total. The highest BCUT2D eigenvalue weighted by atomic mass is 16.5. The number of carbonyl (C=O) groups excluding carboxylic acids is 2. The molecule has 0 aromatic rings. The second-order valence-corrected chi connectivity index (χ2v) is 7.82. The van der Waals surface area contributed by atoms with Gasteiger partial charge in [0.15, 0.2) is 0 Å². The number of ether oxygens (including phenoxy) is 2. The second-order valence-electron chi connectivity index (χ2n) is 7.82. The lowest BCUT2D eigenvalue weighted by Crippen LogP contribution is -2.53. The third-order valence-electron chi connectivity index (χ3n) is 7.07. The van der Waals surface area contributed by atoms with Gasteiger partial charge in [0.05, 0.1) is 25.7 Å². The molecular formula is C18H24O4. The molecule has 4 fully saturated rings. The van der Waals surface area contributed by atoms with E-state index < -0.39 is 5.92 Å². The van der Waals surface area contributed by atoms with Gasteiger partial charge in [-0.05, 0) is 68.1 Å². The van der Waals surface area contributed by atoms with Crippen LogP contribution in [0.3, 0.4) is 0 Å². The van der Waals surface area contributed by atoms with Gasteiger partial charge >= 0.3 is 11.9 Å². The molecule has 4 bridgehead atoms. The number of methoxy groups -OCH3 is 2. The SMILES string of the molecule is COC(=O)C1=C(C)C23CC4CC(CC(C4)[C@H]2[C@H]1C(=O)OC)C3. The largest absolute Gasteiger partial charge is 0.469 e. The zero-order valence-electron chi connectivity index (χ0n) is 13.6. The van der Waals surface area contributed by atoms with Crippen LogP contribution in [0.25, 0.3) is 0 Å². The monoisotopic (exact) mass is 304 g/mol.